The van der Waals surface area contributed by atoms with Crippen LogP contribution in [0.1, 0.15) is 18.5 Å². The Morgan fingerprint density at radius 3 is 2.45 bits per heavy atom. The zero-order valence-electron chi connectivity index (χ0n) is 16.1. The van der Waals surface area contributed by atoms with Crippen LogP contribution in [-0.4, -0.2) is 29.2 Å². The average Bonchev–Trinajstić information content (AvgIpc) is 2.70. The third-order valence-corrected chi connectivity index (χ3v) is 5.37. The quantitative estimate of drug-likeness (QED) is 0.606. The van der Waals surface area contributed by atoms with Crippen LogP contribution >= 0.6 is 12.2 Å². The van der Waals surface area contributed by atoms with E-state index in [9.17, 15) is 8.78 Å². The highest BCUT2D eigenvalue weighted by Gasteiger charge is 2.22. The van der Waals surface area contributed by atoms with E-state index in [-0.39, 0.29) is 17.7 Å². The molecule has 4 rings (SSSR count). The van der Waals surface area contributed by atoms with Gasteiger partial charge in [0.25, 0.3) is 0 Å². The molecule has 0 bridgehead atoms. The number of halogens is 2. The van der Waals surface area contributed by atoms with Crippen LogP contribution in [0.4, 0.5) is 20.2 Å². The van der Waals surface area contributed by atoms with Gasteiger partial charge in [0.15, 0.2) is 5.11 Å². The maximum Gasteiger partial charge on any atom is 0.170 e. The number of hydrogen-bond donors (Lipinski definition) is 2. The molecule has 0 aliphatic carbocycles. The minimum Gasteiger partial charge on any atom is -0.371 e. The second-order valence-electron chi connectivity index (χ2n) is 7.31. The van der Waals surface area contributed by atoms with E-state index in [1.54, 1.807) is 24.3 Å². The number of fused-ring (bicyclic) bond motifs is 1. The SMILES string of the molecule is Cc1cc(N2CCC(NC(=S)Nc3ccc(F)cc3)CC2)c2cc(F)ccc2n1. The van der Waals surface area contributed by atoms with Crippen LogP contribution < -0.4 is 15.5 Å². The van der Waals surface area contributed by atoms with Gasteiger partial charge in [-0.05, 0) is 80.5 Å². The summed E-state index contributed by atoms with van der Waals surface area (Å²) in [7, 11) is 0. The Bertz CT molecular complexity index is 1030. The largest absolute Gasteiger partial charge is 0.371 e. The molecule has 29 heavy (non-hydrogen) atoms. The molecule has 1 saturated heterocycles. The van der Waals surface area contributed by atoms with E-state index in [0.717, 1.165) is 53.9 Å². The lowest BCUT2D eigenvalue weighted by Crippen LogP contribution is -2.46. The second kappa shape index (κ2) is 8.29. The molecule has 1 aliphatic rings. The number of nitrogens with one attached hydrogen (secondary N) is 2. The van der Waals surface area contributed by atoms with E-state index in [4.69, 9.17) is 12.2 Å². The first-order valence-corrected chi connectivity index (χ1v) is 10.0. The number of rotatable bonds is 3. The number of aryl methyl sites for hydroxylation is 1. The van der Waals surface area contributed by atoms with Crippen molar-refractivity contribution in [2.24, 2.45) is 0 Å². The first kappa shape index (κ1) is 19.5. The van der Waals surface area contributed by atoms with E-state index in [1.807, 2.05) is 13.0 Å². The van der Waals surface area contributed by atoms with Gasteiger partial charge < -0.3 is 15.5 Å². The van der Waals surface area contributed by atoms with E-state index < -0.39 is 0 Å². The summed E-state index contributed by atoms with van der Waals surface area (Å²) in [5, 5.41) is 7.80. The van der Waals surface area contributed by atoms with Gasteiger partial charge in [-0.1, -0.05) is 0 Å². The first-order chi connectivity index (χ1) is 14.0. The molecule has 1 aromatic heterocycles. The molecular weight excluding hydrogens is 390 g/mol. The van der Waals surface area contributed by atoms with Crippen molar-refractivity contribution < 1.29 is 8.78 Å². The van der Waals surface area contributed by atoms with Gasteiger partial charge >= 0.3 is 0 Å². The average molecular weight is 413 g/mol. The summed E-state index contributed by atoms with van der Waals surface area (Å²) in [5.41, 5.74) is 3.51. The van der Waals surface area contributed by atoms with Crippen LogP contribution in [0.5, 0.6) is 0 Å². The molecule has 4 nitrogen and oxygen atoms in total. The Morgan fingerprint density at radius 1 is 1.03 bits per heavy atom. The molecule has 1 aliphatic heterocycles. The van der Waals surface area contributed by atoms with Crippen LogP contribution in [0.15, 0.2) is 48.5 Å². The van der Waals surface area contributed by atoms with E-state index in [0.29, 0.717) is 5.11 Å². The highest BCUT2D eigenvalue weighted by atomic mass is 32.1. The summed E-state index contributed by atoms with van der Waals surface area (Å²) in [6, 6.07) is 13.1. The monoisotopic (exact) mass is 412 g/mol. The molecule has 0 radical (unpaired) electrons. The Morgan fingerprint density at radius 2 is 1.72 bits per heavy atom. The maximum atomic E-state index is 13.8. The van der Waals surface area contributed by atoms with Crippen LogP contribution in [-0.2, 0) is 0 Å². The van der Waals surface area contributed by atoms with Crippen LogP contribution in [0.25, 0.3) is 10.9 Å². The predicted octanol–water partition coefficient (Wildman–Crippen LogP) is 4.78. The zero-order chi connectivity index (χ0) is 20.4. The Hall–Kier alpha value is -2.80. The van der Waals surface area contributed by atoms with Crippen molar-refractivity contribution in [2.75, 3.05) is 23.3 Å². The number of thiocarbonyl (C=S) groups is 1. The van der Waals surface area contributed by atoms with Gasteiger partial charge in [0.05, 0.1) is 5.52 Å². The smallest absolute Gasteiger partial charge is 0.170 e. The third kappa shape index (κ3) is 4.62. The molecule has 3 aromatic rings. The fourth-order valence-corrected chi connectivity index (χ4v) is 4.01. The number of aromatic nitrogens is 1. The van der Waals surface area contributed by atoms with Crippen molar-refractivity contribution in [3.05, 3.63) is 65.9 Å². The number of anilines is 2. The molecule has 0 spiro atoms. The van der Waals surface area contributed by atoms with E-state index in [1.165, 1.54) is 18.2 Å². The fourth-order valence-electron chi connectivity index (χ4n) is 3.72. The lowest BCUT2D eigenvalue weighted by atomic mass is 10.0. The molecular formula is C22H22F2N4S. The topological polar surface area (TPSA) is 40.2 Å². The van der Waals surface area contributed by atoms with Crippen molar-refractivity contribution in [3.63, 3.8) is 0 Å². The van der Waals surface area contributed by atoms with Crippen molar-refractivity contribution in [2.45, 2.75) is 25.8 Å². The molecule has 0 unspecified atom stereocenters. The summed E-state index contributed by atoms with van der Waals surface area (Å²) in [4.78, 5) is 6.80. The van der Waals surface area contributed by atoms with E-state index in [2.05, 4.69) is 20.5 Å². The molecule has 150 valence electrons. The van der Waals surface area contributed by atoms with Gasteiger partial charge in [-0.3, -0.25) is 4.98 Å². The van der Waals surface area contributed by atoms with Crippen LogP contribution in [0.2, 0.25) is 0 Å². The minimum absolute atomic E-state index is 0.248. The van der Waals surface area contributed by atoms with Crippen LogP contribution in [0, 0.1) is 18.6 Å². The van der Waals surface area contributed by atoms with Crippen molar-refractivity contribution in [1.29, 1.82) is 0 Å². The normalized spacial score (nSPS) is 14.8. The van der Waals surface area contributed by atoms with Gasteiger partial charge in [0.2, 0.25) is 0 Å². The molecule has 0 saturated carbocycles. The Kier molecular flexibility index (Phi) is 5.58. The standard InChI is InChI=1S/C22H22F2N4S/c1-14-12-21(19-13-16(24)4-7-20(19)25-14)28-10-8-18(9-11-28)27-22(29)26-17-5-2-15(23)3-6-17/h2-7,12-13,18H,8-11H2,1H3,(H2,26,27,29). The number of piperidine rings is 1. The van der Waals surface area contributed by atoms with E-state index >= 15 is 0 Å². The molecule has 0 amide bonds. The minimum atomic E-state index is -0.277. The van der Waals surface area contributed by atoms with Crippen LogP contribution in [0.3, 0.4) is 0 Å². The van der Waals surface area contributed by atoms with Crippen molar-refractivity contribution >= 4 is 39.6 Å². The van der Waals surface area contributed by atoms with Crippen molar-refractivity contribution in [3.8, 4) is 0 Å². The zero-order valence-corrected chi connectivity index (χ0v) is 16.9. The van der Waals surface area contributed by atoms with Crippen molar-refractivity contribution in [1.82, 2.24) is 10.3 Å². The molecule has 2 heterocycles. The molecule has 7 heteroatoms. The lowest BCUT2D eigenvalue weighted by molar-refractivity contribution is 0.468. The number of hydrogen-bond acceptors (Lipinski definition) is 3. The number of nitrogens with zero attached hydrogens (tertiary/aromatic N) is 2. The Balaban J connectivity index is 1.39. The predicted molar refractivity (Wildman–Crippen MR) is 117 cm³/mol. The fraction of sp³-hybridized carbons (Fsp3) is 0.273. The summed E-state index contributed by atoms with van der Waals surface area (Å²) >= 11 is 5.39. The molecule has 2 aromatic carbocycles. The summed E-state index contributed by atoms with van der Waals surface area (Å²) in [5.74, 6) is -0.529. The number of benzene rings is 2. The molecule has 0 atom stereocenters. The summed E-state index contributed by atoms with van der Waals surface area (Å²) in [6.07, 6.45) is 1.81. The van der Waals surface area contributed by atoms with Gasteiger partial charge in [-0.2, -0.15) is 0 Å². The third-order valence-electron chi connectivity index (χ3n) is 5.15. The summed E-state index contributed by atoms with van der Waals surface area (Å²) in [6.45, 7) is 3.64. The van der Waals surface area contributed by atoms with Gasteiger partial charge in [0, 0.05) is 41.6 Å². The molecule has 1 fully saturated rings. The van der Waals surface area contributed by atoms with Gasteiger partial charge in [0.1, 0.15) is 11.6 Å². The first-order valence-electron chi connectivity index (χ1n) is 9.63. The second-order valence-corrected chi connectivity index (χ2v) is 7.72. The highest BCUT2D eigenvalue weighted by Crippen LogP contribution is 2.29. The maximum absolute atomic E-state index is 13.8. The number of pyridine rings is 1. The summed E-state index contributed by atoms with van der Waals surface area (Å²) < 4.78 is 26.8. The molecule has 2 N–H and O–H groups in total. The lowest BCUT2D eigenvalue weighted by Gasteiger charge is -2.35. The highest BCUT2D eigenvalue weighted by molar-refractivity contribution is 7.80. The van der Waals surface area contributed by atoms with Gasteiger partial charge in [-0.15, -0.1) is 0 Å². The Labute approximate surface area is 173 Å². The van der Waals surface area contributed by atoms with Gasteiger partial charge in [-0.25, -0.2) is 8.78 Å².